The van der Waals surface area contributed by atoms with Gasteiger partial charge >= 0.3 is 0 Å². The molecule has 1 heterocycles. The highest BCUT2D eigenvalue weighted by atomic mass is 14.9. The molecule has 0 saturated carbocycles. The number of hydrogen-bond acceptors (Lipinski definition) is 1. The van der Waals surface area contributed by atoms with Gasteiger partial charge in [-0.1, -0.05) is 11.5 Å². The van der Waals surface area contributed by atoms with E-state index in [1.54, 1.807) is 0 Å². The predicted octanol–water partition coefficient (Wildman–Crippen LogP) is 0.665. The number of aromatic nitrogens is 2. The first-order valence-electron chi connectivity index (χ1n) is 3.47. The normalized spacial score (nSPS) is 10.6. The highest BCUT2D eigenvalue weighted by molar-refractivity contribution is 6.33. The van der Waals surface area contributed by atoms with Gasteiger partial charge < -0.3 is 4.98 Å². The first kappa shape index (κ1) is 6.46. The summed E-state index contributed by atoms with van der Waals surface area (Å²) in [7, 11) is 5.59. The van der Waals surface area contributed by atoms with Crippen LogP contribution in [0.5, 0.6) is 0 Å². The number of hydrogen-bond donors (Lipinski definition) is 1. The Morgan fingerprint density at radius 3 is 3.09 bits per heavy atom. The number of H-pyrrole nitrogens is 1. The van der Waals surface area contributed by atoms with Crippen molar-refractivity contribution in [1.82, 2.24) is 9.97 Å². The molecule has 0 amide bonds. The number of nitrogens with one attached hydrogen (secondary N) is 1. The lowest BCUT2D eigenvalue weighted by Gasteiger charge is -1.89. The molecule has 0 fully saturated rings. The maximum Gasteiger partial charge on any atom is 0.113 e. The summed E-state index contributed by atoms with van der Waals surface area (Å²) in [4.78, 5) is 7.35. The number of benzene rings is 1. The van der Waals surface area contributed by atoms with E-state index in [0.29, 0.717) is 0 Å². The van der Waals surface area contributed by atoms with Crippen LogP contribution in [0.2, 0.25) is 0 Å². The Labute approximate surface area is 66.1 Å². The van der Waals surface area contributed by atoms with E-state index in [2.05, 4.69) is 9.97 Å². The second-order valence-corrected chi connectivity index (χ2v) is 2.60. The van der Waals surface area contributed by atoms with Crippen LogP contribution in [0.3, 0.4) is 0 Å². The largest absolute Gasteiger partial charge is 0.342 e. The Morgan fingerprint density at radius 2 is 2.27 bits per heavy atom. The molecule has 2 rings (SSSR count). The number of aryl methyl sites for hydroxylation is 1. The minimum Gasteiger partial charge on any atom is -0.342 e. The fourth-order valence-corrected chi connectivity index (χ4v) is 1.15. The van der Waals surface area contributed by atoms with Crippen LogP contribution in [0.1, 0.15) is 5.82 Å². The van der Waals surface area contributed by atoms with Gasteiger partial charge in [0.1, 0.15) is 13.7 Å². The second-order valence-electron chi connectivity index (χ2n) is 2.60. The van der Waals surface area contributed by atoms with E-state index in [9.17, 15) is 0 Å². The van der Waals surface area contributed by atoms with Crippen molar-refractivity contribution in [2.75, 3.05) is 0 Å². The monoisotopic (exact) mass is 142 g/mol. The smallest absolute Gasteiger partial charge is 0.113 e. The third-order valence-electron chi connectivity index (χ3n) is 1.62. The lowest BCUT2D eigenvalue weighted by molar-refractivity contribution is 1.17. The zero-order valence-electron chi connectivity index (χ0n) is 6.26. The fraction of sp³-hybridized carbons (Fsp3) is 0.125. The van der Waals surface area contributed by atoms with Crippen molar-refractivity contribution < 1.29 is 0 Å². The molecule has 52 valence electrons. The van der Waals surface area contributed by atoms with Gasteiger partial charge in [-0.2, -0.15) is 0 Å². The van der Waals surface area contributed by atoms with Gasteiger partial charge in [0, 0.05) is 0 Å². The molecule has 2 aromatic rings. The van der Waals surface area contributed by atoms with Crippen LogP contribution >= 0.6 is 0 Å². The van der Waals surface area contributed by atoms with Crippen molar-refractivity contribution in [3.63, 3.8) is 0 Å². The van der Waals surface area contributed by atoms with Crippen LogP contribution in [0, 0.1) is 6.92 Å². The van der Waals surface area contributed by atoms with Crippen LogP contribution in [-0.4, -0.2) is 17.8 Å². The molecule has 1 aromatic heterocycles. The van der Waals surface area contributed by atoms with Crippen LogP contribution in [-0.2, 0) is 0 Å². The van der Waals surface area contributed by atoms with Gasteiger partial charge in [-0.25, -0.2) is 4.98 Å². The molecule has 0 aliphatic rings. The summed E-state index contributed by atoms with van der Waals surface area (Å²) < 4.78 is 0. The van der Waals surface area contributed by atoms with Gasteiger partial charge in [0.25, 0.3) is 0 Å². The quantitative estimate of drug-likeness (QED) is 0.538. The Kier molecular flexibility index (Phi) is 1.25. The number of fused-ring (bicyclic) bond motifs is 1. The van der Waals surface area contributed by atoms with E-state index in [1.807, 2.05) is 25.1 Å². The van der Waals surface area contributed by atoms with Crippen LogP contribution < -0.4 is 5.46 Å². The summed E-state index contributed by atoms with van der Waals surface area (Å²) >= 11 is 0. The van der Waals surface area contributed by atoms with Crippen LogP contribution in [0.4, 0.5) is 0 Å². The SMILES string of the molecule is [B]c1ccc2nc(C)[nH]c2c1. The molecule has 2 nitrogen and oxygen atoms in total. The van der Waals surface area contributed by atoms with Gasteiger partial charge in [0.2, 0.25) is 0 Å². The van der Waals surface area contributed by atoms with Crippen LogP contribution in [0.15, 0.2) is 18.2 Å². The van der Waals surface area contributed by atoms with Crippen molar-refractivity contribution in [3.8, 4) is 0 Å². The molecule has 1 aromatic carbocycles. The molecule has 3 heteroatoms. The van der Waals surface area contributed by atoms with E-state index in [0.717, 1.165) is 22.3 Å². The van der Waals surface area contributed by atoms with Gasteiger partial charge in [-0.3, -0.25) is 0 Å². The standard InChI is InChI=1S/C8H7BN2/c1-5-10-7-3-2-6(9)4-8(7)11-5/h2-4H,1H3,(H,10,11). The molecule has 0 aliphatic heterocycles. The molecule has 0 saturated heterocycles. The lowest BCUT2D eigenvalue weighted by Crippen LogP contribution is -1.99. The number of aromatic amines is 1. The molecule has 0 unspecified atom stereocenters. The number of nitrogens with zero attached hydrogens (tertiary/aromatic N) is 1. The first-order chi connectivity index (χ1) is 5.25. The maximum absolute atomic E-state index is 5.59. The minimum absolute atomic E-state index is 0.765. The topological polar surface area (TPSA) is 28.7 Å². The molecule has 0 bridgehead atoms. The Morgan fingerprint density at radius 1 is 1.45 bits per heavy atom. The summed E-state index contributed by atoms with van der Waals surface area (Å²) in [6.07, 6.45) is 0. The van der Waals surface area contributed by atoms with Crippen molar-refractivity contribution in [2.45, 2.75) is 6.92 Å². The first-order valence-corrected chi connectivity index (χ1v) is 3.47. The molecule has 11 heavy (non-hydrogen) atoms. The number of imidazole rings is 1. The molecular formula is C8H7BN2. The molecular weight excluding hydrogens is 135 g/mol. The zero-order valence-corrected chi connectivity index (χ0v) is 6.26. The Balaban J connectivity index is 2.82. The lowest BCUT2D eigenvalue weighted by atomic mass is 9.96. The van der Waals surface area contributed by atoms with Crippen molar-refractivity contribution in [1.29, 1.82) is 0 Å². The summed E-state index contributed by atoms with van der Waals surface area (Å²) in [6, 6.07) is 5.64. The van der Waals surface area contributed by atoms with E-state index in [4.69, 9.17) is 7.85 Å². The summed E-state index contributed by atoms with van der Waals surface area (Å²) in [5, 5.41) is 0. The Bertz CT molecular complexity index is 392. The maximum atomic E-state index is 5.59. The van der Waals surface area contributed by atoms with Crippen molar-refractivity contribution >= 4 is 24.3 Å². The van der Waals surface area contributed by atoms with Crippen molar-refractivity contribution in [3.05, 3.63) is 24.0 Å². The molecule has 0 spiro atoms. The van der Waals surface area contributed by atoms with E-state index in [1.165, 1.54) is 0 Å². The van der Waals surface area contributed by atoms with Crippen molar-refractivity contribution in [2.24, 2.45) is 0 Å². The second kappa shape index (κ2) is 2.12. The van der Waals surface area contributed by atoms with Gasteiger partial charge in [0.05, 0.1) is 11.0 Å². The summed E-state index contributed by atoms with van der Waals surface area (Å²) in [6.45, 7) is 1.93. The third kappa shape index (κ3) is 1.02. The molecule has 2 radical (unpaired) electrons. The van der Waals surface area contributed by atoms with E-state index < -0.39 is 0 Å². The number of rotatable bonds is 0. The average molecular weight is 142 g/mol. The third-order valence-corrected chi connectivity index (χ3v) is 1.62. The highest BCUT2D eigenvalue weighted by Crippen LogP contribution is 2.07. The highest BCUT2D eigenvalue weighted by Gasteiger charge is 1.96. The summed E-state index contributed by atoms with van der Waals surface area (Å²) in [5.74, 6) is 0.922. The van der Waals surface area contributed by atoms with E-state index in [-0.39, 0.29) is 0 Å². The van der Waals surface area contributed by atoms with Gasteiger partial charge in [0.15, 0.2) is 0 Å². The molecule has 0 aliphatic carbocycles. The predicted molar refractivity (Wildman–Crippen MR) is 46.2 cm³/mol. The fourth-order valence-electron chi connectivity index (χ4n) is 1.15. The minimum atomic E-state index is 0.765. The molecule has 1 N–H and O–H groups in total. The zero-order chi connectivity index (χ0) is 7.84. The van der Waals surface area contributed by atoms with E-state index >= 15 is 0 Å². The van der Waals surface area contributed by atoms with Crippen LogP contribution in [0.25, 0.3) is 11.0 Å². The summed E-state index contributed by atoms with van der Waals surface area (Å²) in [5.41, 5.74) is 2.74. The Hall–Kier alpha value is -1.25. The molecule has 0 atom stereocenters. The van der Waals surface area contributed by atoms with Gasteiger partial charge in [-0.05, 0) is 19.1 Å². The average Bonchev–Trinajstić information content (AvgIpc) is 2.27. The van der Waals surface area contributed by atoms with Gasteiger partial charge in [-0.15, -0.1) is 0 Å².